The molecule has 0 fully saturated rings. The van der Waals surface area contributed by atoms with Gasteiger partial charge in [-0.1, -0.05) is 111 Å². The maximum Gasteiger partial charge on any atom is -0.0300 e. The van der Waals surface area contributed by atoms with E-state index in [2.05, 4.69) is 27.7 Å². The standard InChI is InChI=1S/C21H44/c1-5-9-12-13-14-15-16-17-20-21(8-4,18-10-6-2)19-11-7-3/h5-20H2,1-4H3. The lowest BCUT2D eigenvalue weighted by molar-refractivity contribution is 0.189. The predicted octanol–water partition coefficient (Wildman–Crippen LogP) is 8.29. The van der Waals surface area contributed by atoms with E-state index in [9.17, 15) is 0 Å². The van der Waals surface area contributed by atoms with Gasteiger partial charge in [0.1, 0.15) is 0 Å². The molecule has 0 bridgehead atoms. The summed E-state index contributed by atoms with van der Waals surface area (Å²) in [7, 11) is 0. The number of hydrogen-bond donors (Lipinski definition) is 0. The van der Waals surface area contributed by atoms with E-state index in [0.717, 1.165) is 0 Å². The van der Waals surface area contributed by atoms with Gasteiger partial charge < -0.3 is 0 Å². The van der Waals surface area contributed by atoms with Gasteiger partial charge in [0.2, 0.25) is 0 Å². The summed E-state index contributed by atoms with van der Waals surface area (Å²) in [6, 6.07) is 0. The lowest BCUT2D eigenvalue weighted by atomic mass is 9.72. The SMILES string of the molecule is CCCCCCCCCCC(CC)(CCCC)CCCC. The summed E-state index contributed by atoms with van der Waals surface area (Å²) in [6.45, 7) is 9.43. The van der Waals surface area contributed by atoms with E-state index in [4.69, 9.17) is 0 Å². The Hall–Kier alpha value is 0. The predicted molar refractivity (Wildman–Crippen MR) is 99.0 cm³/mol. The van der Waals surface area contributed by atoms with Crippen LogP contribution >= 0.6 is 0 Å². The molecule has 0 aliphatic carbocycles. The summed E-state index contributed by atoms with van der Waals surface area (Å²) in [5, 5.41) is 0. The summed E-state index contributed by atoms with van der Waals surface area (Å²) in [4.78, 5) is 0. The van der Waals surface area contributed by atoms with Crippen LogP contribution in [0.15, 0.2) is 0 Å². The van der Waals surface area contributed by atoms with Crippen LogP contribution in [0.2, 0.25) is 0 Å². The van der Waals surface area contributed by atoms with E-state index in [1.54, 1.807) is 0 Å². The highest BCUT2D eigenvalue weighted by Crippen LogP contribution is 2.39. The van der Waals surface area contributed by atoms with E-state index in [1.807, 2.05) is 0 Å². The molecule has 0 rings (SSSR count). The maximum atomic E-state index is 2.44. The first-order chi connectivity index (χ1) is 10.2. The topological polar surface area (TPSA) is 0 Å². The van der Waals surface area contributed by atoms with Gasteiger partial charge in [0.25, 0.3) is 0 Å². The van der Waals surface area contributed by atoms with Gasteiger partial charge in [0.05, 0.1) is 0 Å². The molecule has 0 aromatic rings. The molecule has 0 heterocycles. The Balaban J connectivity index is 3.88. The fraction of sp³-hybridized carbons (Fsp3) is 1.00. The molecule has 0 radical (unpaired) electrons. The van der Waals surface area contributed by atoms with Gasteiger partial charge in [0, 0.05) is 0 Å². The van der Waals surface area contributed by atoms with Crippen molar-refractivity contribution in [1.29, 1.82) is 0 Å². The molecule has 0 nitrogen and oxygen atoms in total. The molecule has 128 valence electrons. The van der Waals surface area contributed by atoms with Gasteiger partial charge >= 0.3 is 0 Å². The summed E-state index contributed by atoms with van der Waals surface area (Å²) in [5.41, 5.74) is 0.689. The Kier molecular flexibility index (Phi) is 14.9. The van der Waals surface area contributed by atoms with Crippen molar-refractivity contribution in [3.63, 3.8) is 0 Å². The maximum absolute atomic E-state index is 2.44. The van der Waals surface area contributed by atoms with Gasteiger partial charge in [-0.05, 0) is 24.7 Å². The monoisotopic (exact) mass is 296 g/mol. The molecular formula is C21H44. The summed E-state index contributed by atoms with van der Waals surface area (Å²) in [5.74, 6) is 0. The minimum absolute atomic E-state index is 0.689. The third kappa shape index (κ3) is 11.2. The second-order valence-corrected chi connectivity index (χ2v) is 7.29. The fourth-order valence-corrected chi connectivity index (χ4v) is 3.64. The Morgan fingerprint density at radius 2 is 0.810 bits per heavy atom. The minimum Gasteiger partial charge on any atom is -0.0654 e. The average Bonchev–Trinajstić information content (AvgIpc) is 2.52. The quantitative estimate of drug-likeness (QED) is 0.251. The van der Waals surface area contributed by atoms with Crippen molar-refractivity contribution < 1.29 is 0 Å². The number of hydrogen-bond acceptors (Lipinski definition) is 0. The van der Waals surface area contributed by atoms with Gasteiger partial charge in [0.15, 0.2) is 0 Å². The van der Waals surface area contributed by atoms with Crippen molar-refractivity contribution in [2.45, 2.75) is 130 Å². The molecule has 0 unspecified atom stereocenters. The Bertz CT molecular complexity index is 186. The zero-order chi connectivity index (χ0) is 15.8. The van der Waals surface area contributed by atoms with Crippen LogP contribution in [0.3, 0.4) is 0 Å². The molecule has 0 N–H and O–H groups in total. The summed E-state index contributed by atoms with van der Waals surface area (Å²) in [6.07, 6.45) is 23.1. The molecule has 0 saturated carbocycles. The second kappa shape index (κ2) is 14.9. The molecule has 0 atom stereocenters. The van der Waals surface area contributed by atoms with Gasteiger partial charge in [-0.25, -0.2) is 0 Å². The molecule has 0 amide bonds. The molecule has 0 heteroatoms. The Morgan fingerprint density at radius 1 is 0.429 bits per heavy atom. The Labute approximate surface area is 136 Å². The molecular weight excluding hydrogens is 252 g/mol. The second-order valence-electron chi connectivity index (χ2n) is 7.29. The van der Waals surface area contributed by atoms with E-state index in [1.165, 1.54) is 103 Å². The smallest absolute Gasteiger partial charge is 0.0300 e. The first kappa shape index (κ1) is 21.0. The van der Waals surface area contributed by atoms with Crippen LogP contribution in [0.25, 0.3) is 0 Å². The fourth-order valence-electron chi connectivity index (χ4n) is 3.64. The lowest BCUT2D eigenvalue weighted by Crippen LogP contribution is -2.20. The highest BCUT2D eigenvalue weighted by molar-refractivity contribution is 4.78. The first-order valence-electron chi connectivity index (χ1n) is 10.2. The molecule has 0 aliphatic heterocycles. The van der Waals surface area contributed by atoms with Crippen molar-refractivity contribution in [3.05, 3.63) is 0 Å². The first-order valence-corrected chi connectivity index (χ1v) is 10.2. The van der Waals surface area contributed by atoms with Crippen molar-refractivity contribution in [1.82, 2.24) is 0 Å². The minimum atomic E-state index is 0.689. The van der Waals surface area contributed by atoms with Crippen LogP contribution in [-0.2, 0) is 0 Å². The van der Waals surface area contributed by atoms with Crippen molar-refractivity contribution in [2.75, 3.05) is 0 Å². The highest BCUT2D eigenvalue weighted by atomic mass is 14.3. The van der Waals surface area contributed by atoms with Crippen molar-refractivity contribution in [2.24, 2.45) is 5.41 Å². The zero-order valence-corrected chi connectivity index (χ0v) is 15.8. The Morgan fingerprint density at radius 3 is 1.24 bits per heavy atom. The molecule has 0 aliphatic rings. The molecule has 0 saturated heterocycles. The van der Waals surface area contributed by atoms with E-state index in [-0.39, 0.29) is 0 Å². The molecule has 0 aromatic carbocycles. The van der Waals surface area contributed by atoms with Crippen LogP contribution in [0.1, 0.15) is 130 Å². The molecule has 21 heavy (non-hydrogen) atoms. The van der Waals surface area contributed by atoms with Crippen LogP contribution in [0.5, 0.6) is 0 Å². The summed E-state index contributed by atoms with van der Waals surface area (Å²) >= 11 is 0. The number of rotatable bonds is 16. The van der Waals surface area contributed by atoms with Gasteiger partial charge in [-0.3, -0.25) is 0 Å². The third-order valence-corrected chi connectivity index (χ3v) is 5.43. The average molecular weight is 297 g/mol. The zero-order valence-electron chi connectivity index (χ0n) is 15.8. The normalized spacial score (nSPS) is 12.0. The van der Waals surface area contributed by atoms with Crippen LogP contribution in [-0.4, -0.2) is 0 Å². The van der Waals surface area contributed by atoms with Gasteiger partial charge in [-0.2, -0.15) is 0 Å². The van der Waals surface area contributed by atoms with Crippen LogP contribution in [0, 0.1) is 5.41 Å². The lowest BCUT2D eigenvalue weighted by Gasteiger charge is -2.33. The number of unbranched alkanes of at least 4 members (excludes halogenated alkanes) is 9. The molecule has 0 spiro atoms. The highest BCUT2D eigenvalue weighted by Gasteiger charge is 2.25. The van der Waals surface area contributed by atoms with Crippen LogP contribution < -0.4 is 0 Å². The van der Waals surface area contributed by atoms with Gasteiger partial charge in [-0.15, -0.1) is 0 Å². The third-order valence-electron chi connectivity index (χ3n) is 5.43. The molecule has 0 aromatic heterocycles. The largest absolute Gasteiger partial charge is 0.0654 e. The summed E-state index contributed by atoms with van der Waals surface area (Å²) < 4.78 is 0. The van der Waals surface area contributed by atoms with Crippen molar-refractivity contribution >= 4 is 0 Å². The van der Waals surface area contributed by atoms with Crippen LogP contribution in [0.4, 0.5) is 0 Å². The van der Waals surface area contributed by atoms with E-state index >= 15 is 0 Å². The van der Waals surface area contributed by atoms with Crippen molar-refractivity contribution in [3.8, 4) is 0 Å². The van der Waals surface area contributed by atoms with E-state index < -0.39 is 0 Å². The van der Waals surface area contributed by atoms with E-state index in [0.29, 0.717) is 5.41 Å².